The van der Waals surface area contributed by atoms with Crippen molar-refractivity contribution in [3.63, 3.8) is 0 Å². The van der Waals surface area contributed by atoms with Gasteiger partial charge in [0.2, 0.25) is 0 Å². The Labute approximate surface area is 146 Å². The molecular weight excluding hydrogens is 316 g/mol. The second-order valence-corrected chi connectivity index (χ2v) is 6.54. The van der Waals surface area contributed by atoms with Crippen molar-refractivity contribution in [2.75, 3.05) is 11.9 Å². The quantitative estimate of drug-likeness (QED) is 0.828. The van der Waals surface area contributed by atoms with E-state index in [2.05, 4.69) is 35.9 Å². The Kier molecular flexibility index (Phi) is 4.08. The molecule has 0 spiro atoms. The molecule has 0 fully saturated rings. The lowest BCUT2D eigenvalue weighted by Gasteiger charge is -2.23. The molecule has 0 radical (unpaired) electrons. The van der Waals surface area contributed by atoms with E-state index in [1.54, 1.807) is 12.3 Å². The van der Waals surface area contributed by atoms with Gasteiger partial charge in [-0.25, -0.2) is 4.79 Å². The summed E-state index contributed by atoms with van der Waals surface area (Å²) in [5.41, 5.74) is 3.71. The smallest absolute Gasteiger partial charge is 0.339 e. The maximum absolute atomic E-state index is 11.1. The van der Waals surface area contributed by atoms with E-state index in [0.717, 1.165) is 5.70 Å². The number of aliphatic imine (C=N–C) groups is 1. The number of aromatic carboxylic acids is 1. The molecular formula is C20H20N2O3. The van der Waals surface area contributed by atoms with Crippen LogP contribution in [0.5, 0.6) is 5.75 Å². The molecule has 128 valence electrons. The Bertz CT molecular complexity index is 898. The number of allylic oxidation sites excluding steroid dienone is 2. The van der Waals surface area contributed by atoms with Gasteiger partial charge in [0.25, 0.3) is 0 Å². The highest BCUT2D eigenvalue weighted by molar-refractivity contribution is 5.92. The highest BCUT2D eigenvalue weighted by atomic mass is 16.4. The lowest BCUT2D eigenvalue weighted by Crippen LogP contribution is -2.23. The van der Waals surface area contributed by atoms with E-state index < -0.39 is 5.97 Å². The van der Waals surface area contributed by atoms with E-state index in [9.17, 15) is 9.90 Å². The molecule has 0 unspecified atom stereocenters. The first kappa shape index (κ1) is 16.8. The fourth-order valence-corrected chi connectivity index (χ4v) is 3.27. The number of carbonyl (C=O) groups is 1. The van der Waals surface area contributed by atoms with E-state index in [0.29, 0.717) is 5.69 Å². The molecule has 0 amide bonds. The highest BCUT2D eigenvalue weighted by Gasteiger charge is 2.37. The predicted molar refractivity (Wildman–Crippen MR) is 99.2 cm³/mol. The minimum absolute atomic E-state index is 0.140. The first-order valence-corrected chi connectivity index (χ1v) is 7.96. The Morgan fingerprint density at radius 1 is 1.20 bits per heavy atom. The zero-order valence-electron chi connectivity index (χ0n) is 14.4. The molecule has 1 heterocycles. The summed E-state index contributed by atoms with van der Waals surface area (Å²) in [5.74, 6) is -1.45. The SMILES string of the molecule is CN1/C(=C/C=Nc2ccc(O)c(C(=O)O)c2)C(C)(C)c2ccccc21. The zero-order valence-corrected chi connectivity index (χ0v) is 14.4. The summed E-state index contributed by atoms with van der Waals surface area (Å²) in [7, 11) is 2.02. The standard InChI is InChI=1S/C20H20N2O3/c1-20(2)15-6-4-5-7-16(15)22(3)18(20)10-11-21-13-8-9-17(23)14(12-13)19(24)25/h4-12,23H,1-3H3,(H,24,25)/b18-10+,21-11?. The zero-order chi connectivity index (χ0) is 18.2. The van der Waals surface area contributed by atoms with Crippen LogP contribution in [-0.4, -0.2) is 29.4 Å². The van der Waals surface area contributed by atoms with Gasteiger partial charge in [0.05, 0.1) is 5.69 Å². The summed E-state index contributed by atoms with van der Waals surface area (Å²) in [5, 5.41) is 18.6. The van der Waals surface area contributed by atoms with Crippen molar-refractivity contribution in [3.8, 4) is 5.75 Å². The molecule has 0 bridgehead atoms. The van der Waals surface area contributed by atoms with Crippen LogP contribution in [0.1, 0.15) is 29.8 Å². The van der Waals surface area contributed by atoms with Gasteiger partial charge in [-0.15, -0.1) is 0 Å². The second kappa shape index (κ2) is 6.09. The number of hydrogen-bond acceptors (Lipinski definition) is 4. The molecule has 0 aromatic heterocycles. The predicted octanol–water partition coefficient (Wildman–Crippen LogP) is 4.10. The molecule has 1 aliphatic rings. The van der Waals surface area contributed by atoms with Crippen molar-refractivity contribution in [1.82, 2.24) is 0 Å². The van der Waals surface area contributed by atoms with Crippen LogP contribution in [0.2, 0.25) is 0 Å². The molecule has 25 heavy (non-hydrogen) atoms. The third-order valence-corrected chi connectivity index (χ3v) is 4.61. The molecule has 5 heteroatoms. The average molecular weight is 336 g/mol. The van der Waals surface area contributed by atoms with Crippen LogP contribution in [0.3, 0.4) is 0 Å². The van der Waals surface area contributed by atoms with Crippen molar-refractivity contribution >= 4 is 23.6 Å². The fourth-order valence-electron chi connectivity index (χ4n) is 3.27. The number of fused-ring (bicyclic) bond motifs is 1. The van der Waals surface area contributed by atoms with Gasteiger partial charge in [-0.3, -0.25) is 4.99 Å². The first-order chi connectivity index (χ1) is 11.8. The third kappa shape index (κ3) is 2.89. The Balaban J connectivity index is 1.91. The maximum Gasteiger partial charge on any atom is 0.339 e. The van der Waals surface area contributed by atoms with Gasteiger partial charge in [0.1, 0.15) is 11.3 Å². The van der Waals surface area contributed by atoms with Crippen LogP contribution in [0.4, 0.5) is 11.4 Å². The van der Waals surface area contributed by atoms with Gasteiger partial charge < -0.3 is 15.1 Å². The summed E-state index contributed by atoms with van der Waals surface area (Å²) >= 11 is 0. The lowest BCUT2D eigenvalue weighted by molar-refractivity contribution is 0.0694. The number of rotatable bonds is 3. The van der Waals surface area contributed by atoms with E-state index >= 15 is 0 Å². The molecule has 2 aromatic rings. The molecule has 1 aliphatic heterocycles. The summed E-state index contributed by atoms with van der Waals surface area (Å²) < 4.78 is 0. The van der Waals surface area contributed by atoms with Crippen molar-refractivity contribution in [2.24, 2.45) is 4.99 Å². The minimum atomic E-state index is -1.18. The lowest BCUT2D eigenvalue weighted by atomic mass is 9.84. The number of phenols is 1. The monoisotopic (exact) mass is 336 g/mol. The number of para-hydroxylation sites is 1. The van der Waals surface area contributed by atoms with Gasteiger partial charge in [-0.1, -0.05) is 32.0 Å². The minimum Gasteiger partial charge on any atom is -0.507 e. The van der Waals surface area contributed by atoms with E-state index in [1.165, 1.54) is 23.4 Å². The molecule has 0 atom stereocenters. The van der Waals surface area contributed by atoms with Crippen LogP contribution in [0, 0.1) is 0 Å². The number of carboxylic acid groups (broad SMARTS) is 1. The molecule has 5 nitrogen and oxygen atoms in total. The number of likely N-dealkylation sites (N-methyl/N-ethyl adjacent to an activating group) is 1. The Hall–Kier alpha value is -3.08. The normalized spacial score (nSPS) is 17.2. The maximum atomic E-state index is 11.1. The van der Waals surface area contributed by atoms with Gasteiger partial charge in [0, 0.05) is 30.1 Å². The van der Waals surface area contributed by atoms with Crippen molar-refractivity contribution < 1.29 is 15.0 Å². The second-order valence-electron chi connectivity index (χ2n) is 6.54. The number of anilines is 1. The third-order valence-electron chi connectivity index (χ3n) is 4.61. The summed E-state index contributed by atoms with van der Waals surface area (Å²) in [4.78, 5) is 17.5. The van der Waals surface area contributed by atoms with Crippen LogP contribution < -0.4 is 4.90 Å². The number of benzene rings is 2. The van der Waals surface area contributed by atoms with Gasteiger partial charge in [-0.05, 0) is 35.9 Å². The molecule has 0 aliphatic carbocycles. The molecule has 0 saturated carbocycles. The van der Waals surface area contributed by atoms with Crippen LogP contribution in [-0.2, 0) is 5.41 Å². The van der Waals surface area contributed by atoms with Crippen LogP contribution in [0.25, 0.3) is 0 Å². The topological polar surface area (TPSA) is 73.1 Å². The van der Waals surface area contributed by atoms with Crippen molar-refractivity contribution in [3.05, 3.63) is 65.4 Å². The first-order valence-electron chi connectivity index (χ1n) is 7.96. The largest absolute Gasteiger partial charge is 0.507 e. The van der Waals surface area contributed by atoms with Crippen molar-refractivity contribution in [1.29, 1.82) is 0 Å². The van der Waals surface area contributed by atoms with Gasteiger partial charge in [0.15, 0.2) is 0 Å². The number of nitrogens with zero attached hydrogens (tertiary/aromatic N) is 2. The van der Waals surface area contributed by atoms with Crippen molar-refractivity contribution in [2.45, 2.75) is 19.3 Å². The van der Waals surface area contributed by atoms with Crippen LogP contribution >= 0.6 is 0 Å². The number of aromatic hydroxyl groups is 1. The Morgan fingerprint density at radius 2 is 1.92 bits per heavy atom. The number of hydrogen-bond donors (Lipinski definition) is 2. The van der Waals surface area contributed by atoms with E-state index in [1.807, 2.05) is 25.3 Å². The molecule has 0 saturated heterocycles. The summed E-state index contributed by atoms with van der Waals surface area (Å²) in [6, 6.07) is 12.5. The van der Waals surface area contributed by atoms with Gasteiger partial charge >= 0.3 is 5.97 Å². The summed E-state index contributed by atoms with van der Waals surface area (Å²) in [6.07, 6.45) is 3.60. The Morgan fingerprint density at radius 3 is 2.60 bits per heavy atom. The van der Waals surface area contributed by atoms with Crippen LogP contribution in [0.15, 0.2) is 59.2 Å². The number of carboxylic acids is 1. The molecule has 2 aromatic carbocycles. The fraction of sp³-hybridized carbons (Fsp3) is 0.200. The van der Waals surface area contributed by atoms with E-state index in [-0.39, 0.29) is 16.7 Å². The molecule has 3 rings (SSSR count). The van der Waals surface area contributed by atoms with Gasteiger partial charge in [-0.2, -0.15) is 0 Å². The highest BCUT2D eigenvalue weighted by Crippen LogP contribution is 2.46. The van der Waals surface area contributed by atoms with E-state index in [4.69, 9.17) is 5.11 Å². The summed E-state index contributed by atoms with van der Waals surface area (Å²) in [6.45, 7) is 4.33. The molecule has 2 N–H and O–H groups in total. The average Bonchev–Trinajstić information content (AvgIpc) is 2.77.